The molecular weight excluding hydrogens is 457 g/mol. The molecule has 0 bridgehead atoms. The van der Waals surface area contributed by atoms with Gasteiger partial charge in [0.15, 0.2) is 17.1 Å². The number of benzene rings is 3. The molecule has 4 nitrogen and oxygen atoms in total. The minimum Gasteiger partial charge on any atom is -0.377 e. The molecular formula is C27H19Cl2NO3. The molecule has 0 spiro atoms. The van der Waals surface area contributed by atoms with Crippen molar-refractivity contribution in [1.29, 1.82) is 0 Å². The SMILES string of the molecule is O=C1C=C(Cc2ccccc2)C(O)(Cc2ccccc2)c2onc(-c3c(Cl)cccc3Cl)c21. The van der Waals surface area contributed by atoms with Crippen LogP contribution in [0.3, 0.4) is 0 Å². The minimum absolute atomic E-state index is 0.107. The van der Waals surface area contributed by atoms with E-state index < -0.39 is 5.60 Å². The van der Waals surface area contributed by atoms with E-state index in [1.807, 2.05) is 60.7 Å². The highest BCUT2D eigenvalue weighted by Gasteiger charge is 2.46. The molecule has 1 heterocycles. The highest BCUT2D eigenvalue weighted by atomic mass is 35.5. The van der Waals surface area contributed by atoms with Crippen molar-refractivity contribution < 1.29 is 14.4 Å². The Kier molecular flexibility index (Phi) is 5.67. The second kappa shape index (κ2) is 8.64. The summed E-state index contributed by atoms with van der Waals surface area (Å²) in [6, 6.07) is 24.3. The number of aliphatic hydroxyl groups is 1. The molecule has 164 valence electrons. The van der Waals surface area contributed by atoms with E-state index in [4.69, 9.17) is 27.7 Å². The zero-order chi connectivity index (χ0) is 23.0. The van der Waals surface area contributed by atoms with Crippen LogP contribution in [-0.2, 0) is 18.4 Å². The molecule has 1 atom stereocenters. The summed E-state index contributed by atoms with van der Waals surface area (Å²) >= 11 is 12.8. The van der Waals surface area contributed by atoms with Gasteiger partial charge in [-0.05, 0) is 41.3 Å². The summed E-state index contributed by atoms with van der Waals surface area (Å²) in [6.45, 7) is 0. The van der Waals surface area contributed by atoms with Crippen LogP contribution < -0.4 is 0 Å². The number of aromatic nitrogens is 1. The van der Waals surface area contributed by atoms with Gasteiger partial charge >= 0.3 is 0 Å². The van der Waals surface area contributed by atoms with Crippen molar-refractivity contribution in [2.75, 3.05) is 0 Å². The standard InChI is InChI=1S/C27H19Cl2NO3/c28-20-12-7-13-21(29)23(20)25-24-22(31)15-19(14-17-8-3-1-4-9-17)27(32,26(24)33-30-25)16-18-10-5-2-6-11-18/h1-13,15,32H,14,16H2. The zero-order valence-electron chi connectivity index (χ0n) is 17.5. The fourth-order valence-electron chi connectivity index (χ4n) is 4.29. The molecule has 4 aromatic rings. The van der Waals surface area contributed by atoms with Crippen molar-refractivity contribution >= 4 is 29.0 Å². The number of hydrogen-bond acceptors (Lipinski definition) is 4. The first-order valence-corrected chi connectivity index (χ1v) is 11.2. The van der Waals surface area contributed by atoms with Gasteiger partial charge in [-0.2, -0.15) is 0 Å². The van der Waals surface area contributed by atoms with Crippen LogP contribution in [0.4, 0.5) is 0 Å². The lowest BCUT2D eigenvalue weighted by Gasteiger charge is -2.32. The second-order valence-electron chi connectivity index (χ2n) is 8.05. The average Bonchev–Trinajstić information content (AvgIpc) is 3.25. The number of carbonyl (C=O) groups excluding carboxylic acids is 1. The molecule has 0 saturated heterocycles. The van der Waals surface area contributed by atoms with E-state index in [1.165, 1.54) is 6.08 Å². The number of carbonyl (C=O) groups is 1. The van der Waals surface area contributed by atoms with Gasteiger partial charge in [0, 0.05) is 12.0 Å². The summed E-state index contributed by atoms with van der Waals surface area (Å²) in [4.78, 5) is 13.3. The number of halogens is 2. The van der Waals surface area contributed by atoms with Gasteiger partial charge in [0.05, 0.1) is 15.6 Å². The van der Waals surface area contributed by atoms with E-state index in [0.717, 1.165) is 11.1 Å². The molecule has 1 unspecified atom stereocenters. The number of allylic oxidation sites excluding steroid dienone is 1. The van der Waals surface area contributed by atoms with Crippen LogP contribution in [0.5, 0.6) is 0 Å². The third-order valence-corrected chi connectivity index (χ3v) is 6.52. The highest BCUT2D eigenvalue weighted by molar-refractivity contribution is 6.39. The van der Waals surface area contributed by atoms with Gasteiger partial charge in [-0.25, -0.2) is 0 Å². The van der Waals surface area contributed by atoms with Crippen LogP contribution in [0, 0.1) is 0 Å². The van der Waals surface area contributed by atoms with E-state index in [0.29, 0.717) is 27.6 Å². The molecule has 33 heavy (non-hydrogen) atoms. The first kappa shape index (κ1) is 21.7. The van der Waals surface area contributed by atoms with Gasteiger partial charge in [-0.15, -0.1) is 0 Å². The quantitative estimate of drug-likeness (QED) is 0.360. The third kappa shape index (κ3) is 3.91. The van der Waals surface area contributed by atoms with Gasteiger partial charge in [-0.3, -0.25) is 4.79 Å². The Balaban J connectivity index is 1.68. The number of nitrogens with zero attached hydrogens (tertiary/aromatic N) is 1. The maximum Gasteiger partial charge on any atom is 0.191 e. The van der Waals surface area contributed by atoms with Crippen molar-refractivity contribution in [3.8, 4) is 11.3 Å². The topological polar surface area (TPSA) is 63.3 Å². The van der Waals surface area contributed by atoms with Crippen molar-refractivity contribution in [2.45, 2.75) is 18.4 Å². The summed E-state index contributed by atoms with van der Waals surface area (Å²) in [5.41, 5.74) is 1.66. The number of hydrogen-bond donors (Lipinski definition) is 1. The van der Waals surface area contributed by atoms with Gasteiger partial charge in [0.1, 0.15) is 5.69 Å². The van der Waals surface area contributed by atoms with Crippen molar-refractivity contribution in [2.24, 2.45) is 0 Å². The monoisotopic (exact) mass is 475 g/mol. The van der Waals surface area contributed by atoms with E-state index in [1.54, 1.807) is 18.2 Å². The molecule has 1 N–H and O–H groups in total. The highest BCUT2D eigenvalue weighted by Crippen LogP contribution is 2.45. The summed E-state index contributed by atoms with van der Waals surface area (Å²) in [7, 11) is 0. The molecule has 0 amide bonds. The largest absolute Gasteiger partial charge is 0.377 e. The van der Waals surface area contributed by atoms with Crippen LogP contribution in [0.2, 0.25) is 10.0 Å². The average molecular weight is 476 g/mol. The van der Waals surface area contributed by atoms with E-state index in [2.05, 4.69) is 5.16 Å². The summed E-state index contributed by atoms with van der Waals surface area (Å²) in [5.74, 6) is -0.198. The Hall–Kier alpha value is -3.18. The van der Waals surface area contributed by atoms with Crippen LogP contribution in [-0.4, -0.2) is 16.0 Å². The van der Waals surface area contributed by atoms with Crippen LogP contribution in [0.15, 0.2) is 95.0 Å². The van der Waals surface area contributed by atoms with Crippen LogP contribution >= 0.6 is 23.2 Å². The Morgan fingerprint density at radius 2 is 1.42 bits per heavy atom. The Morgan fingerprint density at radius 3 is 2.06 bits per heavy atom. The first-order valence-electron chi connectivity index (χ1n) is 10.5. The van der Waals surface area contributed by atoms with Crippen molar-refractivity contribution in [3.05, 3.63) is 123 Å². The predicted molar refractivity (Wildman–Crippen MR) is 129 cm³/mol. The summed E-state index contributed by atoms with van der Waals surface area (Å²) < 4.78 is 5.70. The Labute approximate surface area is 201 Å². The molecule has 0 aliphatic heterocycles. The predicted octanol–water partition coefficient (Wildman–Crippen LogP) is 6.44. The third-order valence-electron chi connectivity index (χ3n) is 5.89. The normalized spacial score (nSPS) is 17.5. The molecule has 6 heteroatoms. The molecule has 1 aromatic heterocycles. The maximum absolute atomic E-state index is 13.3. The lowest BCUT2D eigenvalue weighted by Crippen LogP contribution is -2.36. The van der Waals surface area contributed by atoms with Crippen LogP contribution in [0.25, 0.3) is 11.3 Å². The Bertz CT molecular complexity index is 1340. The molecule has 0 radical (unpaired) electrons. The molecule has 1 aliphatic carbocycles. The first-order chi connectivity index (χ1) is 16.0. The van der Waals surface area contributed by atoms with Gasteiger partial charge in [0.25, 0.3) is 0 Å². The van der Waals surface area contributed by atoms with E-state index in [-0.39, 0.29) is 29.2 Å². The van der Waals surface area contributed by atoms with Crippen molar-refractivity contribution in [3.63, 3.8) is 0 Å². The molecule has 3 aromatic carbocycles. The fourth-order valence-corrected chi connectivity index (χ4v) is 4.87. The summed E-state index contributed by atoms with van der Waals surface area (Å²) in [6.07, 6.45) is 2.10. The maximum atomic E-state index is 13.3. The lowest BCUT2D eigenvalue weighted by molar-refractivity contribution is 0.0398. The van der Waals surface area contributed by atoms with E-state index >= 15 is 0 Å². The number of rotatable bonds is 5. The zero-order valence-corrected chi connectivity index (χ0v) is 19.0. The van der Waals surface area contributed by atoms with Gasteiger partial charge in [0.2, 0.25) is 0 Å². The summed E-state index contributed by atoms with van der Waals surface area (Å²) in [5, 5.41) is 16.9. The number of ketones is 1. The lowest BCUT2D eigenvalue weighted by atomic mass is 9.75. The van der Waals surface area contributed by atoms with Crippen molar-refractivity contribution in [1.82, 2.24) is 5.16 Å². The molecule has 1 aliphatic rings. The smallest absolute Gasteiger partial charge is 0.191 e. The van der Waals surface area contributed by atoms with Crippen LogP contribution in [0.1, 0.15) is 27.2 Å². The second-order valence-corrected chi connectivity index (χ2v) is 8.87. The molecule has 5 rings (SSSR count). The Morgan fingerprint density at radius 1 is 0.818 bits per heavy atom. The fraction of sp³-hybridized carbons (Fsp3) is 0.111. The van der Waals surface area contributed by atoms with Gasteiger partial charge in [-0.1, -0.05) is 95.1 Å². The minimum atomic E-state index is -1.57. The van der Waals surface area contributed by atoms with E-state index in [9.17, 15) is 9.90 Å². The molecule has 0 saturated carbocycles. The van der Waals surface area contributed by atoms with Gasteiger partial charge < -0.3 is 9.63 Å². The number of fused-ring (bicyclic) bond motifs is 1. The molecule has 0 fully saturated rings.